The summed E-state index contributed by atoms with van der Waals surface area (Å²) in [4.78, 5) is 4.28. The Morgan fingerprint density at radius 2 is 2.53 bits per heavy atom. The van der Waals surface area contributed by atoms with Gasteiger partial charge in [-0.2, -0.15) is 5.10 Å². The molecule has 0 amide bonds. The van der Waals surface area contributed by atoms with E-state index >= 15 is 0 Å². The molecule has 1 fully saturated rings. The highest BCUT2D eigenvalue weighted by molar-refractivity contribution is 4.84. The lowest BCUT2D eigenvalue weighted by Crippen LogP contribution is -2.19. The Bertz CT molecular complexity index is 320. The van der Waals surface area contributed by atoms with Gasteiger partial charge in [-0.25, -0.2) is 9.67 Å². The molecule has 17 heavy (non-hydrogen) atoms. The van der Waals surface area contributed by atoms with Crippen molar-refractivity contribution in [3.8, 4) is 0 Å². The zero-order chi connectivity index (χ0) is 11.9. The average Bonchev–Trinajstić information content (AvgIpc) is 2.97. The summed E-state index contributed by atoms with van der Waals surface area (Å²) in [6, 6.07) is 0. The monoisotopic (exact) mass is 238 g/mol. The van der Waals surface area contributed by atoms with E-state index in [-0.39, 0.29) is 0 Å². The van der Waals surface area contributed by atoms with Crippen LogP contribution in [0.4, 0.5) is 0 Å². The molecule has 96 valence electrons. The van der Waals surface area contributed by atoms with E-state index in [1.807, 2.05) is 4.68 Å². The second kappa shape index (κ2) is 6.71. The van der Waals surface area contributed by atoms with Gasteiger partial charge < -0.3 is 10.1 Å². The molecule has 0 saturated carbocycles. The Hall–Kier alpha value is -0.940. The van der Waals surface area contributed by atoms with Crippen LogP contribution in [0.3, 0.4) is 0 Å². The molecule has 0 bridgehead atoms. The lowest BCUT2D eigenvalue weighted by molar-refractivity contribution is 0.0991. The number of hydrogen-bond acceptors (Lipinski definition) is 4. The van der Waals surface area contributed by atoms with Gasteiger partial charge in [0.25, 0.3) is 0 Å². The van der Waals surface area contributed by atoms with Crippen LogP contribution in [-0.4, -0.2) is 34.0 Å². The van der Waals surface area contributed by atoms with Gasteiger partial charge in [-0.1, -0.05) is 6.92 Å². The molecule has 1 unspecified atom stereocenters. The maximum atomic E-state index is 5.61. The fourth-order valence-electron chi connectivity index (χ4n) is 2.13. The second-order valence-electron chi connectivity index (χ2n) is 4.50. The van der Waals surface area contributed by atoms with E-state index in [0.717, 1.165) is 44.9 Å². The molecule has 1 aromatic heterocycles. The van der Waals surface area contributed by atoms with Crippen molar-refractivity contribution in [2.24, 2.45) is 0 Å². The topological polar surface area (TPSA) is 52.0 Å². The fraction of sp³-hybridized carbons (Fsp3) is 0.833. The van der Waals surface area contributed by atoms with Crippen LogP contribution in [0.2, 0.25) is 0 Å². The lowest BCUT2D eigenvalue weighted by Gasteiger charge is -2.10. The van der Waals surface area contributed by atoms with Crippen LogP contribution < -0.4 is 5.32 Å². The second-order valence-corrected chi connectivity index (χ2v) is 4.50. The van der Waals surface area contributed by atoms with Gasteiger partial charge in [-0.3, -0.25) is 0 Å². The average molecular weight is 238 g/mol. The Morgan fingerprint density at radius 3 is 3.29 bits per heavy atom. The van der Waals surface area contributed by atoms with Crippen molar-refractivity contribution in [1.29, 1.82) is 0 Å². The van der Waals surface area contributed by atoms with Crippen molar-refractivity contribution in [3.63, 3.8) is 0 Å². The Kier molecular flexibility index (Phi) is 4.94. The molecule has 1 aliphatic heterocycles. The smallest absolute Gasteiger partial charge is 0.140 e. The highest BCUT2D eigenvalue weighted by Crippen LogP contribution is 2.15. The van der Waals surface area contributed by atoms with Gasteiger partial charge in [-0.05, 0) is 32.2 Å². The quantitative estimate of drug-likeness (QED) is 0.728. The maximum absolute atomic E-state index is 5.61. The first-order valence-electron chi connectivity index (χ1n) is 6.59. The standard InChI is InChI=1S/C12H22N4O/c1-2-6-13-9-12-14-10-15-16(12)7-5-11-4-3-8-17-11/h10-11,13H,2-9H2,1H3. The predicted molar refractivity (Wildman–Crippen MR) is 65.6 cm³/mol. The van der Waals surface area contributed by atoms with E-state index in [1.54, 1.807) is 6.33 Å². The third-order valence-electron chi connectivity index (χ3n) is 3.09. The van der Waals surface area contributed by atoms with E-state index in [9.17, 15) is 0 Å². The molecule has 0 aromatic carbocycles. The highest BCUT2D eigenvalue weighted by Gasteiger charge is 2.15. The van der Waals surface area contributed by atoms with Gasteiger partial charge in [0, 0.05) is 13.2 Å². The van der Waals surface area contributed by atoms with Crippen LogP contribution in [0.5, 0.6) is 0 Å². The molecule has 1 aliphatic rings. The van der Waals surface area contributed by atoms with Crippen molar-refractivity contribution in [3.05, 3.63) is 12.2 Å². The molecule has 2 heterocycles. The van der Waals surface area contributed by atoms with Crippen LogP contribution in [0.1, 0.15) is 38.4 Å². The van der Waals surface area contributed by atoms with Crippen molar-refractivity contribution in [2.75, 3.05) is 13.2 Å². The molecular weight excluding hydrogens is 216 g/mol. The summed E-state index contributed by atoms with van der Waals surface area (Å²) in [5, 5.41) is 7.62. The SMILES string of the molecule is CCCNCc1ncnn1CCC1CCCO1. The van der Waals surface area contributed by atoms with Gasteiger partial charge >= 0.3 is 0 Å². The first-order valence-corrected chi connectivity index (χ1v) is 6.59. The lowest BCUT2D eigenvalue weighted by atomic mass is 10.2. The first-order chi connectivity index (χ1) is 8.40. The molecule has 5 heteroatoms. The first kappa shape index (κ1) is 12.5. The maximum Gasteiger partial charge on any atom is 0.140 e. The minimum atomic E-state index is 0.427. The van der Waals surface area contributed by atoms with E-state index in [0.29, 0.717) is 6.10 Å². The normalized spacial score (nSPS) is 19.9. The van der Waals surface area contributed by atoms with Gasteiger partial charge in [0.2, 0.25) is 0 Å². The molecule has 0 spiro atoms. The number of nitrogens with zero attached hydrogens (tertiary/aromatic N) is 3. The highest BCUT2D eigenvalue weighted by atomic mass is 16.5. The number of rotatable bonds is 7. The van der Waals surface area contributed by atoms with Crippen molar-refractivity contribution in [1.82, 2.24) is 20.1 Å². The summed E-state index contributed by atoms with van der Waals surface area (Å²) in [5.74, 6) is 1.02. The summed E-state index contributed by atoms with van der Waals surface area (Å²) < 4.78 is 7.60. The Morgan fingerprint density at radius 1 is 1.59 bits per heavy atom. The molecule has 1 atom stereocenters. The number of ether oxygens (including phenoxy) is 1. The number of hydrogen-bond donors (Lipinski definition) is 1. The largest absolute Gasteiger partial charge is 0.378 e. The third-order valence-corrected chi connectivity index (χ3v) is 3.09. The molecule has 1 saturated heterocycles. The molecule has 0 radical (unpaired) electrons. The number of aryl methyl sites for hydroxylation is 1. The molecule has 1 N–H and O–H groups in total. The zero-order valence-corrected chi connectivity index (χ0v) is 10.6. The summed E-state index contributed by atoms with van der Waals surface area (Å²) in [5.41, 5.74) is 0. The van der Waals surface area contributed by atoms with Gasteiger partial charge in [0.15, 0.2) is 0 Å². The molecule has 2 rings (SSSR count). The van der Waals surface area contributed by atoms with Crippen LogP contribution in [-0.2, 0) is 17.8 Å². The molecule has 1 aromatic rings. The number of nitrogens with one attached hydrogen (secondary N) is 1. The third kappa shape index (κ3) is 3.78. The van der Waals surface area contributed by atoms with Crippen LogP contribution >= 0.6 is 0 Å². The minimum Gasteiger partial charge on any atom is -0.378 e. The molecule has 0 aliphatic carbocycles. The van der Waals surface area contributed by atoms with Crippen LogP contribution in [0.25, 0.3) is 0 Å². The fourth-order valence-corrected chi connectivity index (χ4v) is 2.13. The van der Waals surface area contributed by atoms with E-state index in [2.05, 4.69) is 22.3 Å². The molecular formula is C12H22N4O. The van der Waals surface area contributed by atoms with E-state index < -0.39 is 0 Å². The zero-order valence-electron chi connectivity index (χ0n) is 10.6. The minimum absolute atomic E-state index is 0.427. The predicted octanol–water partition coefficient (Wildman–Crippen LogP) is 1.35. The van der Waals surface area contributed by atoms with E-state index in [4.69, 9.17) is 4.74 Å². The summed E-state index contributed by atoms with van der Waals surface area (Å²) >= 11 is 0. The van der Waals surface area contributed by atoms with Crippen molar-refractivity contribution >= 4 is 0 Å². The molecule has 5 nitrogen and oxygen atoms in total. The summed E-state index contributed by atoms with van der Waals surface area (Å²) in [6.07, 6.45) is 6.65. The Labute approximate surface area is 103 Å². The number of aromatic nitrogens is 3. The Balaban J connectivity index is 1.76. The van der Waals surface area contributed by atoms with Crippen LogP contribution in [0, 0.1) is 0 Å². The summed E-state index contributed by atoms with van der Waals surface area (Å²) in [7, 11) is 0. The van der Waals surface area contributed by atoms with E-state index in [1.165, 1.54) is 12.8 Å². The van der Waals surface area contributed by atoms with Gasteiger partial charge in [0.05, 0.1) is 12.6 Å². The van der Waals surface area contributed by atoms with Gasteiger partial charge in [0.1, 0.15) is 12.2 Å². The van der Waals surface area contributed by atoms with Gasteiger partial charge in [-0.15, -0.1) is 0 Å². The summed E-state index contributed by atoms with van der Waals surface area (Å²) in [6.45, 7) is 5.83. The van der Waals surface area contributed by atoms with Crippen LogP contribution in [0.15, 0.2) is 6.33 Å². The van der Waals surface area contributed by atoms with Crippen molar-refractivity contribution in [2.45, 2.75) is 51.8 Å². The van der Waals surface area contributed by atoms with Crippen molar-refractivity contribution < 1.29 is 4.74 Å².